The van der Waals surface area contributed by atoms with E-state index >= 15 is 4.39 Å². The first-order valence-electron chi connectivity index (χ1n) is 8.28. The van der Waals surface area contributed by atoms with Crippen molar-refractivity contribution in [2.24, 2.45) is 0 Å². The summed E-state index contributed by atoms with van der Waals surface area (Å²) in [7, 11) is 0. The van der Waals surface area contributed by atoms with Crippen LogP contribution < -0.4 is 0 Å². The summed E-state index contributed by atoms with van der Waals surface area (Å²) < 4.78 is 25.6. The zero-order chi connectivity index (χ0) is 16.7. The van der Waals surface area contributed by atoms with E-state index in [2.05, 4.69) is 10.1 Å². The number of aromatic nitrogens is 2. The molecule has 128 valence electrons. The number of carbonyl (C=O) groups is 1. The van der Waals surface area contributed by atoms with Gasteiger partial charge >= 0.3 is 6.09 Å². The van der Waals surface area contributed by atoms with Gasteiger partial charge in [-0.05, 0) is 33.6 Å². The molecule has 3 rings (SSSR count). The summed E-state index contributed by atoms with van der Waals surface area (Å²) in [6.45, 7) is 5.54. The highest BCUT2D eigenvalue weighted by molar-refractivity contribution is 5.68. The Morgan fingerprint density at radius 3 is 2.74 bits per heavy atom. The molecule has 2 aliphatic rings. The lowest BCUT2D eigenvalue weighted by Gasteiger charge is -2.24. The summed E-state index contributed by atoms with van der Waals surface area (Å²) in [6, 6.07) is 0. The van der Waals surface area contributed by atoms with Crippen LogP contribution in [0.5, 0.6) is 0 Å². The number of alkyl halides is 1. The first-order valence-corrected chi connectivity index (χ1v) is 8.28. The van der Waals surface area contributed by atoms with Gasteiger partial charge in [-0.3, -0.25) is 0 Å². The minimum atomic E-state index is -1.78. The Balaban J connectivity index is 1.67. The maximum absolute atomic E-state index is 15.1. The molecule has 0 N–H and O–H groups in total. The van der Waals surface area contributed by atoms with E-state index in [1.807, 2.05) is 0 Å². The third-order valence-corrected chi connectivity index (χ3v) is 4.42. The monoisotopic (exact) mass is 325 g/mol. The van der Waals surface area contributed by atoms with Crippen molar-refractivity contribution in [3.8, 4) is 0 Å². The van der Waals surface area contributed by atoms with Crippen LogP contribution in [0.15, 0.2) is 4.52 Å². The molecule has 0 radical (unpaired) electrons. The first-order chi connectivity index (χ1) is 10.8. The SMILES string of the molecule is CC(C)(C)OC(=O)N1CCC(F)(c2nc(C3CCCC3)no2)C1. The maximum atomic E-state index is 15.1. The van der Waals surface area contributed by atoms with Gasteiger partial charge in [0, 0.05) is 18.9 Å². The Morgan fingerprint density at radius 2 is 2.09 bits per heavy atom. The van der Waals surface area contributed by atoms with Crippen molar-refractivity contribution >= 4 is 6.09 Å². The van der Waals surface area contributed by atoms with E-state index in [0.717, 1.165) is 25.7 Å². The largest absolute Gasteiger partial charge is 0.444 e. The topological polar surface area (TPSA) is 68.5 Å². The molecule has 0 bridgehead atoms. The zero-order valence-corrected chi connectivity index (χ0v) is 14.0. The van der Waals surface area contributed by atoms with Crippen molar-refractivity contribution in [2.45, 2.75) is 70.1 Å². The number of halogens is 1. The molecule has 0 spiro atoms. The van der Waals surface area contributed by atoms with Crippen LogP contribution in [0.4, 0.5) is 9.18 Å². The third kappa shape index (κ3) is 3.48. The minimum Gasteiger partial charge on any atom is -0.444 e. The van der Waals surface area contributed by atoms with Gasteiger partial charge in [-0.15, -0.1) is 0 Å². The fraction of sp³-hybridized carbons (Fsp3) is 0.812. The Kier molecular flexibility index (Phi) is 4.06. The molecule has 1 saturated heterocycles. The number of rotatable bonds is 2. The highest BCUT2D eigenvalue weighted by Gasteiger charge is 2.47. The number of likely N-dealkylation sites (tertiary alicyclic amines) is 1. The summed E-state index contributed by atoms with van der Waals surface area (Å²) in [5, 5.41) is 3.96. The second-order valence-corrected chi connectivity index (χ2v) is 7.56. The molecule has 2 fully saturated rings. The second-order valence-electron chi connectivity index (χ2n) is 7.56. The van der Waals surface area contributed by atoms with E-state index in [4.69, 9.17) is 9.26 Å². The van der Waals surface area contributed by atoms with Gasteiger partial charge in [-0.1, -0.05) is 18.0 Å². The van der Waals surface area contributed by atoms with Gasteiger partial charge in [0.1, 0.15) is 5.60 Å². The number of ether oxygens (including phenoxy) is 1. The van der Waals surface area contributed by atoms with Crippen molar-refractivity contribution in [2.75, 3.05) is 13.1 Å². The van der Waals surface area contributed by atoms with Crippen LogP contribution >= 0.6 is 0 Å². The summed E-state index contributed by atoms with van der Waals surface area (Å²) in [5.41, 5.74) is -2.38. The highest BCUT2D eigenvalue weighted by Crippen LogP contribution is 2.38. The van der Waals surface area contributed by atoms with Crippen molar-refractivity contribution in [1.82, 2.24) is 15.0 Å². The molecular formula is C16H24FN3O3. The Bertz CT molecular complexity index is 577. The molecule has 7 heteroatoms. The molecule has 1 aromatic heterocycles. The number of nitrogens with zero attached hydrogens (tertiary/aromatic N) is 3. The molecule has 1 unspecified atom stereocenters. The molecular weight excluding hydrogens is 301 g/mol. The molecule has 1 saturated carbocycles. The molecule has 2 heterocycles. The van der Waals surface area contributed by atoms with Crippen LogP contribution in [0, 0.1) is 0 Å². The zero-order valence-electron chi connectivity index (χ0n) is 14.0. The molecule has 1 atom stereocenters. The molecule has 1 aliphatic carbocycles. The van der Waals surface area contributed by atoms with Gasteiger partial charge in [-0.25, -0.2) is 9.18 Å². The van der Waals surface area contributed by atoms with Crippen LogP contribution in [0.3, 0.4) is 0 Å². The van der Waals surface area contributed by atoms with Gasteiger partial charge in [0.05, 0.1) is 6.54 Å². The van der Waals surface area contributed by atoms with Crippen LogP contribution in [0.1, 0.15) is 70.5 Å². The van der Waals surface area contributed by atoms with Crippen LogP contribution in [-0.4, -0.2) is 39.8 Å². The second kappa shape index (κ2) is 5.76. The molecule has 1 amide bonds. The minimum absolute atomic E-state index is 0.00883. The number of amides is 1. The Labute approximate surface area is 135 Å². The lowest BCUT2D eigenvalue weighted by molar-refractivity contribution is 0.0240. The predicted octanol–water partition coefficient (Wildman–Crippen LogP) is 3.53. The highest BCUT2D eigenvalue weighted by atomic mass is 19.1. The van der Waals surface area contributed by atoms with E-state index < -0.39 is 17.4 Å². The van der Waals surface area contributed by atoms with Crippen molar-refractivity contribution in [1.29, 1.82) is 0 Å². The number of hydrogen-bond acceptors (Lipinski definition) is 5. The average Bonchev–Trinajstić information content (AvgIpc) is 3.17. The fourth-order valence-corrected chi connectivity index (χ4v) is 3.20. The first kappa shape index (κ1) is 16.2. The van der Waals surface area contributed by atoms with Crippen molar-refractivity contribution < 1.29 is 18.4 Å². The fourth-order valence-electron chi connectivity index (χ4n) is 3.20. The van der Waals surface area contributed by atoms with Gasteiger partial charge in [0.15, 0.2) is 5.82 Å². The van der Waals surface area contributed by atoms with Crippen LogP contribution in [-0.2, 0) is 10.4 Å². The maximum Gasteiger partial charge on any atom is 0.410 e. The molecule has 1 aliphatic heterocycles. The van der Waals surface area contributed by atoms with Crippen molar-refractivity contribution in [3.63, 3.8) is 0 Å². The van der Waals surface area contributed by atoms with E-state index in [1.54, 1.807) is 20.8 Å². The summed E-state index contributed by atoms with van der Waals surface area (Å²) in [6.07, 6.45) is 4.01. The molecule has 1 aromatic rings. The quantitative estimate of drug-likeness (QED) is 0.832. The van der Waals surface area contributed by atoms with Gasteiger partial charge < -0.3 is 14.2 Å². The van der Waals surface area contributed by atoms with Gasteiger partial charge in [0.2, 0.25) is 5.67 Å². The Morgan fingerprint density at radius 1 is 1.39 bits per heavy atom. The average molecular weight is 325 g/mol. The van der Waals surface area contributed by atoms with E-state index in [1.165, 1.54) is 4.90 Å². The predicted molar refractivity (Wildman–Crippen MR) is 80.7 cm³/mol. The lowest BCUT2D eigenvalue weighted by atomic mass is 10.1. The van der Waals surface area contributed by atoms with E-state index in [-0.39, 0.29) is 31.3 Å². The molecule has 23 heavy (non-hydrogen) atoms. The van der Waals surface area contributed by atoms with Gasteiger partial charge in [-0.2, -0.15) is 4.98 Å². The van der Waals surface area contributed by atoms with E-state index in [9.17, 15) is 4.79 Å². The Hall–Kier alpha value is -1.66. The van der Waals surface area contributed by atoms with Crippen LogP contribution in [0.2, 0.25) is 0 Å². The lowest BCUT2D eigenvalue weighted by Crippen LogP contribution is -2.37. The standard InChI is InChI=1S/C16H24FN3O3/c1-15(2,3)22-14(21)20-9-8-16(17,10-20)13-18-12(19-23-13)11-6-4-5-7-11/h11H,4-10H2,1-3H3. The van der Waals surface area contributed by atoms with Crippen molar-refractivity contribution in [3.05, 3.63) is 11.7 Å². The normalized spacial score (nSPS) is 26.0. The molecule has 0 aromatic carbocycles. The summed E-state index contributed by atoms with van der Waals surface area (Å²) in [4.78, 5) is 17.7. The van der Waals surface area contributed by atoms with Crippen LogP contribution in [0.25, 0.3) is 0 Å². The van der Waals surface area contributed by atoms with Gasteiger partial charge in [0.25, 0.3) is 5.89 Å². The summed E-state index contributed by atoms with van der Waals surface area (Å²) in [5.74, 6) is 0.871. The summed E-state index contributed by atoms with van der Waals surface area (Å²) >= 11 is 0. The number of carbonyl (C=O) groups excluding carboxylic acids is 1. The smallest absolute Gasteiger partial charge is 0.410 e. The van der Waals surface area contributed by atoms with E-state index in [0.29, 0.717) is 5.82 Å². The number of hydrogen-bond donors (Lipinski definition) is 0. The molecule has 6 nitrogen and oxygen atoms in total. The third-order valence-electron chi connectivity index (χ3n) is 4.42.